The Morgan fingerprint density at radius 2 is 2.00 bits per heavy atom. The molecule has 0 N–H and O–H groups in total. The quantitative estimate of drug-likeness (QED) is 0.832. The summed E-state index contributed by atoms with van der Waals surface area (Å²) < 4.78 is 5.34. The van der Waals surface area contributed by atoms with Gasteiger partial charge in [0.05, 0.1) is 12.7 Å². The molecule has 0 bridgehead atoms. The molecule has 3 heterocycles. The molecule has 2 aliphatic rings. The van der Waals surface area contributed by atoms with Crippen molar-refractivity contribution >= 4 is 5.82 Å². The number of nitrogens with zero attached hydrogens (tertiary/aromatic N) is 6. The molecule has 1 saturated heterocycles. The second-order valence-corrected chi connectivity index (χ2v) is 5.65. The minimum atomic E-state index is 0.552. The van der Waals surface area contributed by atoms with Gasteiger partial charge in [-0.25, -0.2) is 4.98 Å². The number of hydrogen-bond donors (Lipinski definition) is 0. The zero-order chi connectivity index (χ0) is 14.1. The Kier molecular flexibility index (Phi) is 3.27. The van der Waals surface area contributed by atoms with Gasteiger partial charge in [0.25, 0.3) is 0 Å². The Morgan fingerprint density at radius 3 is 2.71 bits per heavy atom. The summed E-state index contributed by atoms with van der Waals surface area (Å²) in [6.07, 6.45) is 7.66. The van der Waals surface area contributed by atoms with E-state index in [0.717, 1.165) is 50.3 Å². The van der Waals surface area contributed by atoms with E-state index in [-0.39, 0.29) is 0 Å². The van der Waals surface area contributed by atoms with Crippen molar-refractivity contribution in [2.75, 3.05) is 31.1 Å². The maximum Gasteiger partial charge on any atom is 0.240 e. The van der Waals surface area contributed by atoms with Gasteiger partial charge in [0.15, 0.2) is 5.82 Å². The predicted octanol–water partition coefficient (Wildman–Crippen LogP) is 1.06. The third kappa shape index (κ3) is 2.87. The fraction of sp³-hybridized carbons (Fsp3) is 0.571. The number of piperazine rings is 1. The van der Waals surface area contributed by atoms with Gasteiger partial charge in [0, 0.05) is 44.5 Å². The van der Waals surface area contributed by atoms with Crippen LogP contribution in [-0.4, -0.2) is 51.2 Å². The fourth-order valence-electron chi connectivity index (χ4n) is 2.62. The molecule has 21 heavy (non-hydrogen) atoms. The molecule has 7 nitrogen and oxygen atoms in total. The lowest BCUT2D eigenvalue weighted by atomic mass is 10.3. The number of anilines is 1. The third-order valence-electron chi connectivity index (χ3n) is 4.03. The molecule has 1 saturated carbocycles. The SMILES string of the molecule is c1cnc(N2CCN(Cc3nc(C4CC4)no3)CC2)cn1. The summed E-state index contributed by atoms with van der Waals surface area (Å²) in [5, 5.41) is 4.06. The Hall–Kier alpha value is -2.02. The maximum atomic E-state index is 5.34. The first-order chi connectivity index (χ1) is 10.4. The molecule has 0 atom stereocenters. The topological polar surface area (TPSA) is 71.2 Å². The summed E-state index contributed by atoms with van der Waals surface area (Å²) in [7, 11) is 0. The monoisotopic (exact) mass is 286 g/mol. The van der Waals surface area contributed by atoms with Crippen LogP contribution in [0.15, 0.2) is 23.1 Å². The molecule has 1 aliphatic carbocycles. The van der Waals surface area contributed by atoms with Crippen molar-refractivity contribution in [3.8, 4) is 0 Å². The van der Waals surface area contributed by atoms with Crippen molar-refractivity contribution in [1.82, 2.24) is 25.0 Å². The highest BCUT2D eigenvalue weighted by molar-refractivity contribution is 5.35. The predicted molar refractivity (Wildman–Crippen MR) is 75.8 cm³/mol. The van der Waals surface area contributed by atoms with E-state index < -0.39 is 0 Å². The number of hydrogen-bond acceptors (Lipinski definition) is 7. The van der Waals surface area contributed by atoms with Gasteiger partial charge in [-0.1, -0.05) is 5.16 Å². The van der Waals surface area contributed by atoms with Gasteiger partial charge in [-0.05, 0) is 12.8 Å². The minimum Gasteiger partial charge on any atom is -0.353 e. The molecule has 0 spiro atoms. The first-order valence-corrected chi connectivity index (χ1v) is 7.44. The molecular formula is C14H18N6O. The lowest BCUT2D eigenvalue weighted by Crippen LogP contribution is -2.46. The first-order valence-electron chi connectivity index (χ1n) is 7.44. The van der Waals surface area contributed by atoms with E-state index in [4.69, 9.17) is 4.52 Å². The van der Waals surface area contributed by atoms with Crippen LogP contribution in [0.5, 0.6) is 0 Å². The Morgan fingerprint density at radius 1 is 1.14 bits per heavy atom. The lowest BCUT2D eigenvalue weighted by molar-refractivity contribution is 0.215. The molecule has 0 radical (unpaired) electrons. The summed E-state index contributed by atoms with van der Waals surface area (Å²) >= 11 is 0. The zero-order valence-corrected chi connectivity index (χ0v) is 11.9. The minimum absolute atomic E-state index is 0.552. The van der Waals surface area contributed by atoms with Gasteiger partial charge >= 0.3 is 0 Å². The zero-order valence-electron chi connectivity index (χ0n) is 11.9. The van der Waals surface area contributed by atoms with Crippen LogP contribution in [0.1, 0.15) is 30.5 Å². The molecule has 0 unspecified atom stereocenters. The summed E-state index contributed by atoms with van der Waals surface area (Å²) in [6, 6.07) is 0. The molecule has 4 rings (SSSR count). The fourth-order valence-corrected chi connectivity index (χ4v) is 2.62. The molecule has 1 aliphatic heterocycles. The highest BCUT2D eigenvalue weighted by Crippen LogP contribution is 2.38. The highest BCUT2D eigenvalue weighted by atomic mass is 16.5. The van der Waals surface area contributed by atoms with Crippen molar-refractivity contribution in [3.63, 3.8) is 0 Å². The largest absolute Gasteiger partial charge is 0.353 e. The molecular weight excluding hydrogens is 268 g/mol. The highest BCUT2D eigenvalue weighted by Gasteiger charge is 2.29. The average Bonchev–Trinajstić information content (AvgIpc) is 3.29. The molecule has 7 heteroatoms. The third-order valence-corrected chi connectivity index (χ3v) is 4.03. The summed E-state index contributed by atoms with van der Waals surface area (Å²) in [5.74, 6) is 3.13. The van der Waals surface area contributed by atoms with Crippen molar-refractivity contribution in [2.24, 2.45) is 0 Å². The average molecular weight is 286 g/mol. The molecule has 2 aromatic rings. The standard InChI is InChI=1S/C14H18N6O/c1-2-11(1)14-17-13(21-18-14)10-19-5-7-20(8-6-19)12-9-15-3-4-16-12/h3-4,9,11H,1-2,5-8,10H2. The van der Waals surface area contributed by atoms with Crippen molar-refractivity contribution in [2.45, 2.75) is 25.3 Å². The maximum absolute atomic E-state index is 5.34. The van der Waals surface area contributed by atoms with E-state index in [2.05, 4.69) is 29.9 Å². The van der Waals surface area contributed by atoms with Crippen molar-refractivity contribution in [3.05, 3.63) is 30.3 Å². The van der Waals surface area contributed by atoms with E-state index >= 15 is 0 Å². The summed E-state index contributed by atoms with van der Waals surface area (Å²) in [6.45, 7) is 4.58. The molecule has 110 valence electrons. The van der Waals surface area contributed by atoms with Gasteiger partial charge in [-0.3, -0.25) is 9.88 Å². The Bertz CT molecular complexity index is 589. The van der Waals surface area contributed by atoms with E-state index in [1.165, 1.54) is 12.8 Å². The molecule has 0 amide bonds. The van der Waals surface area contributed by atoms with Crippen LogP contribution >= 0.6 is 0 Å². The Balaban J connectivity index is 1.32. The molecule has 0 aromatic carbocycles. The Labute approximate surface area is 123 Å². The first kappa shape index (κ1) is 12.7. The summed E-state index contributed by atoms with van der Waals surface area (Å²) in [5.41, 5.74) is 0. The van der Waals surface area contributed by atoms with Gasteiger partial charge < -0.3 is 9.42 Å². The summed E-state index contributed by atoms with van der Waals surface area (Å²) in [4.78, 5) is 17.6. The van der Waals surface area contributed by atoms with Crippen LogP contribution in [0.3, 0.4) is 0 Å². The van der Waals surface area contributed by atoms with E-state index in [1.807, 2.05) is 6.20 Å². The number of rotatable bonds is 4. The second kappa shape index (κ2) is 5.40. The van der Waals surface area contributed by atoms with Crippen LogP contribution < -0.4 is 4.90 Å². The van der Waals surface area contributed by atoms with Crippen molar-refractivity contribution < 1.29 is 4.52 Å². The molecule has 2 aromatic heterocycles. The smallest absolute Gasteiger partial charge is 0.240 e. The number of aromatic nitrogens is 4. The van der Waals surface area contributed by atoms with E-state index in [0.29, 0.717) is 5.92 Å². The van der Waals surface area contributed by atoms with Gasteiger partial charge in [-0.15, -0.1) is 0 Å². The van der Waals surface area contributed by atoms with Crippen LogP contribution in [0.2, 0.25) is 0 Å². The van der Waals surface area contributed by atoms with Crippen LogP contribution in [-0.2, 0) is 6.54 Å². The van der Waals surface area contributed by atoms with Crippen LogP contribution in [0.25, 0.3) is 0 Å². The van der Waals surface area contributed by atoms with Crippen LogP contribution in [0, 0.1) is 0 Å². The van der Waals surface area contributed by atoms with E-state index in [1.54, 1.807) is 12.4 Å². The van der Waals surface area contributed by atoms with Crippen molar-refractivity contribution in [1.29, 1.82) is 0 Å². The lowest BCUT2D eigenvalue weighted by Gasteiger charge is -2.34. The van der Waals surface area contributed by atoms with Gasteiger partial charge in [-0.2, -0.15) is 4.98 Å². The van der Waals surface area contributed by atoms with E-state index in [9.17, 15) is 0 Å². The van der Waals surface area contributed by atoms with Crippen LogP contribution in [0.4, 0.5) is 5.82 Å². The normalized spacial score (nSPS) is 19.9. The van der Waals surface area contributed by atoms with Gasteiger partial charge in [0.1, 0.15) is 5.82 Å². The second-order valence-electron chi connectivity index (χ2n) is 5.65. The van der Waals surface area contributed by atoms with Gasteiger partial charge in [0.2, 0.25) is 5.89 Å². The molecule has 2 fully saturated rings.